The van der Waals surface area contributed by atoms with Crippen LogP contribution in [0.5, 0.6) is 5.75 Å². The lowest BCUT2D eigenvalue weighted by Gasteiger charge is -2.28. The van der Waals surface area contributed by atoms with E-state index >= 15 is 0 Å². The van der Waals surface area contributed by atoms with E-state index in [1.165, 1.54) is 0 Å². The van der Waals surface area contributed by atoms with E-state index in [9.17, 15) is 13.2 Å². The van der Waals surface area contributed by atoms with Crippen molar-refractivity contribution in [2.75, 3.05) is 17.2 Å². The van der Waals surface area contributed by atoms with Gasteiger partial charge in [-0.15, -0.1) is 0 Å². The third-order valence-electron chi connectivity index (χ3n) is 3.87. The van der Waals surface area contributed by atoms with E-state index in [0.29, 0.717) is 17.3 Å². The van der Waals surface area contributed by atoms with E-state index in [-0.39, 0.29) is 6.54 Å². The number of carbonyl (C=O) groups excluding carboxylic acids is 1. The van der Waals surface area contributed by atoms with E-state index in [1.54, 1.807) is 31.2 Å². The van der Waals surface area contributed by atoms with Crippen LogP contribution in [0.1, 0.15) is 19.4 Å². The minimum absolute atomic E-state index is 0.286. The van der Waals surface area contributed by atoms with Gasteiger partial charge in [-0.1, -0.05) is 23.7 Å². The number of sulfonamides is 1. The molecular weight excluding hydrogens is 388 g/mol. The standard InChI is InChI=1S/C19H23ClN2O4S/c1-4-26-18-11-5-15(6-12-18)13-21-19(23)14(2)22(27(3,24)25)17-9-7-16(20)8-10-17/h5-12,14H,4,13H2,1-3H3,(H,21,23). The van der Waals surface area contributed by atoms with Gasteiger partial charge in [-0.2, -0.15) is 0 Å². The fraction of sp³-hybridized carbons (Fsp3) is 0.316. The highest BCUT2D eigenvalue weighted by atomic mass is 35.5. The predicted molar refractivity (Wildman–Crippen MR) is 108 cm³/mol. The summed E-state index contributed by atoms with van der Waals surface area (Å²) in [5.41, 5.74) is 1.27. The molecule has 0 aliphatic rings. The first kappa shape index (κ1) is 21.1. The molecule has 2 aromatic rings. The highest BCUT2D eigenvalue weighted by Crippen LogP contribution is 2.23. The third-order valence-corrected chi connectivity index (χ3v) is 5.36. The Balaban J connectivity index is 2.09. The highest BCUT2D eigenvalue weighted by Gasteiger charge is 2.28. The molecule has 0 aromatic heterocycles. The minimum atomic E-state index is -3.66. The van der Waals surface area contributed by atoms with Crippen LogP contribution in [0.15, 0.2) is 48.5 Å². The number of hydrogen-bond acceptors (Lipinski definition) is 4. The second-order valence-electron chi connectivity index (χ2n) is 6.01. The summed E-state index contributed by atoms with van der Waals surface area (Å²) in [7, 11) is -3.66. The summed E-state index contributed by atoms with van der Waals surface area (Å²) in [6.45, 7) is 4.32. The molecular formula is C19H23ClN2O4S. The predicted octanol–water partition coefficient (Wildman–Crippen LogP) is 3.21. The van der Waals surface area contributed by atoms with Gasteiger partial charge >= 0.3 is 0 Å². The Bertz CT molecular complexity index is 868. The molecule has 27 heavy (non-hydrogen) atoms. The number of halogens is 1. The lowest BCUT2D eigenvalue weighted by Crippen LogP contribution is -2.47. The topological polar surface area (TPSA) is 75.7 Å². The summed E-state index contributed by atoms with van der Waals surface area (Å²) in [4.78, 5) is 12.5. The molecule has 6 nitrogen and oxygen atoms in total. The zero-order valence-corrected chi connectivity index (χ0v) is 17.0. The maximum absolute atomic E-state index is 12.5. The van der Waals surface area contributed by atoms with Gasteiger partial charge in [-0.05, 0) is 55.8 Å². The molecule has 0 radical (unpaired) electrons. The molecule has 0 fully saturated rings. The Hall–Kier alpha value is -2.25. The Morgan fingerprint density at radius 2 is 1.74 bits per heavy atom. The van der Waals surface area contributed by atoms with E-state index in [2.05, 4.69) is 5.32 Å². The minimum Gasteiger partial charge on any atom is -0.494 e. The summed E-state index contributed by atoms with van der Waals surface area (Å²) in [5, 5.41) is 3.26. The van der Waals surface area contributed by atoms with Crippen molar-refractivity contribution in [1.82, 2.24) is 5.32 Å². The molecule has 0 saturated carbocycles. The number of amides is 1. The molecule has 0 saturated heterocycles. The maximum atomic E-state index is 12.5. The molecule has 0 bridgehead atoms. The molecule has 1 amide bonds. The lowest BCUT2D eigenvalue weighted by molar-refractivity contribution is -0.122. The fourth-order valence-corrected chi connectivity index (χ4v) is 3.90. The third kappa shape index (κ3) is 5.87. The Labute approximate surface area is 165 Å². The first-order valence-electron chi connectivity index (χ1n) is 8.46. The molecule has 2 aromatic carbocycles. The fourth-order valence-electron chi connectivity index (χ4n) is 2.60. The van der Waals surface area contributed by atoms with Crippen LogP contribution in [-0.4, -0.2) is 33.2 Å². The van der Waals surface area contributed by atoms with Crippen LogP contribution in [-0.2, 0) is 21.4 Å². The van der Waals surface area contributed by atoms with Gasteiger partial charge in [0.25, 0.3) is 0 Å². The number of carbonyl (C=O) groups is 1. The molecule has 2 rings (SSSR count). The van der Waals surface area contributed by atoms with Gasteiger partial charge in [-0.25, -0.2) is 8.42 Å². The number of ether oxygens (including phenoxy) is 1. The smallest absolute Gasteiger partial charge is 0.243 e. The van der Waals surface area contributed by atoms with Gasteiger partial charge in [0.05, 0.1) is 18.6 Å². The number of rotatable bonds is 8. The average Bonchev–Trinajstić information content (AvgIpc) is 2.61. The van der Waals surface area contributed by atoms with Crippen molar-refractivity contribution in [3.8, 4) is 5.75 Å². The lowest BCUT2D eigenvalue weighted by atomic mass is 10.2. The van der Waals surface area contributed by atoms with Crippen molar-refractivity contribution < 1.29 is 17.9 Å². The SMILES string of the molecule is CCOc1ccc(CNC(=O)C(C)N(c2ccc(Cl)cc2)S(C)(=O)=O)cc1. The summed E-state index contributed by atoms with van der Waals surface area (Å²) in [5.74, 6) is 0.358. The van der Waals surface area contributed by atoms with Gasteiger partial charge in [0.2, 0.25) is 15.9 Å². The molecule has 1 N–H and O–H groups in total. The van der Waals surface area contributed by atoms with Crippen LogP contribution in [0.4, 0.5) is 5.69 Å². The molecule has 1 atom stereocenters. The van der Waals surface area contributed by atoms with Crippen molar-refractivity contribution in [1.29, 1.82) is 0 Å². The molecule has 0 spiro atoms. The molecule has 0 aliphatic carbocycles. The number of anilines is 1. The number of benzene rings is 2. The van der Waals surface area contributed by atoms with Crippen LogP contribution in [0, 0.1) is 0 Å². The summed E-state index contributed by atoms with van der Waals surface area (Å²) < 4.78 is 30.9. The largest absolute Gasteiger partial charge is 0.494 e. The first-order valence-corrected chi connectivity index (χ1v) is 10.7. The molecule has 146 valence electrons. The zero-order valence-electron chi connectivity index (χ0n) is 15.5. The number of nitrogens with zero attached hydrogens (tertiary/aromatic N) is 1. The van der Waals surface area contributed by atoms with Crippen molar-refractivity contribution in [3.63, 3.8) is 0 Å². The first-order chi connectivity index (χ1) is 12.7. The average molecular weight is 411 g/mol. The quantitative estimate of drug-likeness (QED) is 0.725. The monoisotopic (exact) mass is 410 g/mol. The molecule has 1 unspecified atom stereocenters. The Morgan fingerprint density at radius 1 is 1.15 bits per heavy atom. The van der Waals surface area contributed by atoms with Crippen molar-refractivity contribution in [2.45, 2.75) is 26.4 Å². The van der Waals surface area contributed by atoms with Crippen LogP contribution in [0.25, 0.3) is 0 Å². The van der Waals surface area contributed by atoms with E-state index in [0.717, 1.165) is 21.9 Å². The number of hydrogen-bond donors (Lipinski definition) is 1. The van der Waals surface area contributed by atoms with Crippen molar-refractivity contribution >= 4 is 33.2 Å². The normalized spacial score (nSPS) is 12.3. The van der Waals surface area contributed by atoms with Crippen LogP contribution < -0.4 is 14.4 Å². The second kappa shape index (κ2) is 9.10. The molecule has 8 heteroatoms. The van der Waals surface area contributed by atoms with Crippen molar-refractivity contribution in [2.24, 2.45) is 0 Å². The van der Waals surface area contributed by atoms with Gasteiger partial charge in [0.15, 0.2) is 0 Å². The van der Waals surface area contributed by atoms with Gasteiger partial charge in [0.1, 0.15) is 11.8 Å². The molecule has 0 aliphatic heterocycles. The van der Waals surface area contributed by atoms with E-state index in [1.807, 2.05) is 31.2 Å². The van der Waals surface area contributed by atoms with Gasteiger partial charge in [0, 0.05) is 11.6 Å². The van der Waals surface area contributed by atoms with Gasteiger partial charge < -0.3 is 10.1 Å². The van der Waals surface area contributed by atoms with E-state index < -0.39 is 22.0 Å². The Morgan fingerprint density at radius 3 is 2.26 bits per heavy atom. The maximum Gasteiger partial charge on any atom is 0.243 e. The van der Waals surface area contributed by atoms with Crippen LogP contribution in [0.2, 0.25) is 5.02 Å². The summed E-state index contributed by atoms with van der Waals surface area (Å²) >= 11 is 5.86. The van der Waals surface area contributed by atoms with Crippen LogP contribution >= 0.6 is 11.6 Å². The second-order valence-corrected chi connectivity index (χ2v) is 8.30. The van der Waals surface area contributed by atoms with E-state index in [4.69, 9.17) is 16.3 Å². The van der Waals surface area contributed by atoms with Crippen molar-refractivity contribution in [3.05, 3.63) is 59.1 Å². The Kier molecular flexibility index (Phi) is 7.10. The van der Waals surface area contributed by atoms with Crippen LogP contribution in [0.3, 0.4) is 0 Å². The van der Waals surface area contributed by atoms with Gasteiger partial charge in [-0.3, -0.25) is 9.10 Å². The molecule has 0 heterocycles. The highest BCUT2D eigenvalue weighted by molar-refractivity contribution is 7.92. The summed E-state index contributed by atoms with van der Waals surface area (Å²) in [6.07, 6.45) is 1.07. The summed E-state index contributed by atoms with van der Waals surface area (Å²) in [6, 6.07) is 12.7. The zero-order chi connectivity index (χ0) is 20.0. The number of nitrogens with one attached hydrogen (secondary N) is 1.